The molecule has 16 heavy (non-hydrogen) atoms. The molecule has 1 heterocycles. The van der Waals surface area contributed by atoms with Crippen LogP contribution in [0.15, 0.2) is 24.0 Å². The van der Waals surface area contributed by atoms with Crippen LogP contribution in [-0.2, 0) is 16.0 Å². The molecule has 1 aromatic rings. The zero-order valence-electron chi connectivity index (χ0n) is 9.03. The lowest BCUT2D eigenvalue weighted by atomic mass is 9.87. The highest BCUT2D eigenvalue weighted by Gasteiger charge is 2.33. The first-order valence-electron chi connectivity index (χ1n) is 5.36. The quantitative estimate of drug-likeness (QED) is 0.675. The Morgan fingerprint density at radius 3 is 3.06 bits per heavy atom. The summed E-state index contributed by atoms with van der Waals surface area (Å²) < 4.78 is 10.5. The highest BCUT2D eigenvalue weighted by atomic mass is 16.5. The van der Waals surface area contributed by atoms with Crippen molar-refractivity contribution in [2.75, 3.05) is 7.11 Å². The number of hydrogen-bond donors (Lipinski definition) is 0. The van der Waals surface area contributed by atoms with Crippen LogP contribution in [0, 0.1) is 5.92 Å². The Morgan fingerprint density at radius 1 is 1.38 bits per heavy atom. The van der Waals surface area contributed by atoms with E-state index >= 15 is 0 Å². The zero-order chi connectivity index (χ0) is 11.1. The molecular weight excluding hydrogens is 204 g/mol. The van der Waals surface area contributed by atoms with Crippen molar-refractivity contribution in [3.05, 3.63) is 35.1 Å². The lowest BCUT2D eigenvalue weighted by Gasteiger charge is -2.19. The van der Waals surface area contributed by atoms with Gasteiger partial charge in [-0.05, 0) is 24.1 Å². The van der Waals surface area contributed by atoms with Crippen LogP contribution in [0.1, 0.15) is 17.5 Å². The van der Waals surface area contributed by atoms with Crippen LogP contribution in [0.3, 0.4) is 0 Å². The Labute approximate surface area is 93.7 Å². The van der Waals surface area contributed by atoms with Gasteiger partial charge in [-0.25, -0.2) is 0 Å². The average Bonchev–Trinajstić information content (AvgIpc) is 2.64. The number of esters is 1. The molecule has 0 N–H and O–H groups in total. The van der Waals surface area contributed by atoms with Gasteiger partial charge in [0.15, 0.2) is 0 Å². The molecule has 3 heteroatoms. The van der Waals surface area contributed by atoms with E-state index in [4.69, 9.17) is 9.47 Å². The van der Waals surface area contributed by atoms with E-state index in [1.165, 1.54) is 5.56 Å². The second-order valence-electron chi connectivity index (χ2n) is 4.15. The second-order valence-corrected chi connectivity index (χ2v) is 4.15. The number of carbonyl (C=O) groups excluding carboxylic acids is 1. The van der Waals surface area contributed by atoms with Gasteiger partial charge in [0.1, 0.15) is 11.5 Å². The summed E-state index contributed by atoms with van der Waals surface area (Å²) in [6, 6.07) is 5.92. The van der Waals surface area contributed by atoms with E-state index in [0.717, 1.165) is 23.5 Å². The predicted molar refractivity (Wildman–Crippen MR) is 58.9 cm³/mol. The van der Waals surface area contributed by atoms with Gasteiger partial charge in [0.05, 0.1) is 13.5 Å². The molecule has 1 aliphatic carbocycles. The molecule has 0 aromatic heterocycles. The van der Waals surface area contributed by atoms with Gasteiger partial charge in [-0.3, -0.25) is 4.79 Å². The molecule has 0 saturated carbocycles. The lowest BCUT2D eigenvalue weighted by Crippen LogP contribution is -2.10. The van der Waals surface area contributed by atoms with Crippen LogP contribution in [0.25, 0.3) is 6.08 Å². The fourth-order valence-electron chi connectivity index (χ4n) is 2.41. The van der Waals surface area contributed by atoms with Crippen LogP contribution in [0.4, 0.5) is 0 Å². The third-order valence-corrected chi connectivity index (χ3v) is 3.18. The van der Waals surface area contributed by atoms with E-state index in [9.17, 15) is 4.79 Å². The van der Waals surface area contributed by atoms with Gasteiger partial charge in [0.2, 0.25) is 0 Å². The molecule has 0 radical (unpaired) electrons. The largest absolute Gasteiger partial charge is 0.496 e. The minimum atomic E-state index is -0.122. The number of benzene rings is 1. The molecule has 1 saturated heterocycles. The Hall–Kier alpha value is -1.77. The number of hydrogen-bond acceptors (Lipinski definition) is 3. The van der Waals surface area contributed by atoms with Gasteiger partial charge < -0.3 is 9.47 Å². The maximum absolute atomic E-state index is 11.2. The van der Waals surface area contributed by atoms with Crippen molar-refractivity contribution < 1.29 is 14.3 Å². The van der Waals surface area contributed by atoms with E-state index < -0.39 is 0 Å². The maximum atomic E-state index is 11.2. The maximum Gasteiger partial charge on any atom is 0.311 e. The van der Waals surface area contributed by atoms with Gasteiger partial charge in [0, 0.05) is 11.5 Å². The molecule has 1 aromatic carbocycles. The molecule has 3 rings (SSSR count). The fraction of sp³-hybridized carbons (Fsp3) is 0.308. The molecule has 1 fully saturated rings. The molecule has 0 amide bonds. The molecule has 3 nitrogen and oxygen atoms in total. The van der Waals surface area contributed by atoms with Crippen molar-refractivity contribution in [3.63, 3.8) is 0 Å². The van der Waals surface area contributed by atoms with Crippen LogP contribution < -0.4 is 4.74 Å². The normalized spacial score (nSPS) is 21.9. The summed E-state index contributed by atoms with van der Waals surface area (Å²) in [4.78, 5) is 11.2. The minimum absolute atomic E-state index is 0.122. The molecule has 1 atom stereocenters. The smallest absolute Gasteiger partial charge is 0.311 e. The molecular formula is C13H12O3. The van der Waals surface area contributed by atoms with Crippen molar-refractivity contribution in [1.29, 1.82) is 0 Å². The first-order valence-corrected chi connectivity index (χ1v) is 5.36. The Kier molecular flexibility index (Phi) is 1.99. The summed E-state index contributed by atoms with van der Waals surface area (Å²) in [5.41, 5.74) is 2.28. The van der Waals surface area contributed by atoms with Crippen LogP contribution in [0.5, 0.6) is 5.75 Å². The number of carbonyl (C=O) groups is 1. The summed E-state index contributed by atoms with van der Waals surface area (Å²) in [6.45, 7) is 0. The van der Waals surface area contributed by atoms with Crippen LogP contribution in [0.2, 0.25) is 0 Å². The monoisotopic (exact) mass is 216 g/mol. The Morgan fingerprint density at radius 2 is 2.25 bits per heavy atom. The van der Waals surface area contributed by atoms with Crippen LogP contribution in [-0.4, -0.2) is 13.1 Å². The molecule has 1 unspecified atom stereocenters. The van der Waals surface area contributed by atoms with Crippen molar-refractivity contribution in [1.82, 2.24) is 0 Å². The van der Waals surface area contributed by atoms with Gasteiger partial charge in [-0.2, -0.15) is 0 Å². The number of rotatable bonds is 1. The van der Waals surface area contributed by atoms with Gasteiger partial charge >= 0.3 is 5.97 Å². The average molecular weight is 216 g/mol. The predicted octanol–water partition coefficient (Wildman–Crippen LogP) is 2.16. The van der Waals surface area contributed by atoms with Gasteiger partial charge in [-0.15, -0.1) is 0 Å². The SMILES string of the molecule is COc1cccc2c1CC1CC(=O)OC1=C2. The Balaban J connectivity index is 2.08. The molecule has 82 valence electrons. The summed E-state index contributed by atoms with van der Waals surface area (Å²) in [5.74, 6) is 1.79. The standard InChI is InChI=1S/C13H12O3/c1-15-11-4-2-3-8-6-12-9(5-10(8)11)7-13(14)16-12/h2-4,6,9H,5,7H2,1H3. The van der Waals surface area contributed by atoms with E-state index in [0.29, 0.717) is 6.42 Å². The molecule has 2 aliphatic rings. The van der Waals surface area contributed by atoms with Gasteiger partial charge in [-0.1, -0.05) is 12.1 Å². The van der Waals surface area contributed by atoms with E-state index in [1.54, 1.807) is 7.11 Å². The van der Waals surface area contributed by atoms with Crippen molar-refractivity contribution in [2.45, 2.75) is 12.8 Å². The van der Waals surface area contributed by atoms with Gasteiger partial charge in [0.25, 0.3) is 0 Å². The van der Waals surface area contributed by atoms with Crippen molar-refractivity contribution in [3.8, 4) is 5.75 Å². The van der Waals surface area contributed by atoms with E-state index in [1.807, 2.05) is 24.3 Å². The van der Waals surface area contributed by atoms with Crippen LogP contribution >= 0.6 is 0 Å². The topological polar surface area (TPSA) is 35.5 Å². The third-order valence-electron chi connectivity index (χ3n) is 3.18. The summed E-state index contributed by atoms with van der Waals surface area (Å²) in [7, 11) is 1.67. The summed E-state index contributed by atoms with van der Waals surface area (Å²) in [6.07, 6.45) is 3.27. The fourth-order valence-corrected chi connectivity index (χ4v) is 2.41. The van der Waals surface area contributed by atoms with Crippen molar-refractivity contribution in [2.24, 2.45) is 5.92 Å². The Bertz CT molecular complexity index is 488. The van der Waals surface area contributed by atoms with E-state index in [-0.39, 0.29) is 11.9 Å². The number of fused-ring (bicyclic) bond motifs is 2. The molecule has 0 bridgehead atoms. The van der Waals surface area contributed by atoms with E-state index in [2.05, 4.69) is 0 Å². The highest BCUT2D eigenvalue weighted by Crippen LogP contribution is 2.39. The first kappa shape index (κ1) is 9.46. The number of methoxy groups -OCH3 is 1. The summed E-state index contributed by atoms with van der Waals surface area (Å²) in [5, 5.41) is 0. The molecule has 0 spiro atoms. The first-order chi connectivity index (χ1) is 7.78. The summed E-state index contributed by atoms with van der Waals surface area (Å²) >= 11 is 0. The second kappa shape index (κ2) is 3.37. The number of ether oxygens (including phenoxy) is 2. The lowest BCUT2D eigenvalue weighted by molar-refractivity contribution is -0.135. The minimum Gasteiger partial charge on any atom is -0.496 e. The zero-order valence-corrected chi connectivity index (χ0v) is 9.03. The molecule has 1 aliphatic heterocycles. The third kappa shape index (κ3) is 1.32. The highest BCUT2D eigenvalue weighted by molar-refractivity contribution is 5.78. The van der Waals surface area contributed by atoms with Crippen molar-refractivity contribution >= 4 is 12.0 Å². The number of allylic oxidation sites excluding steroid dienone is 1.